The fourth-order valence-electron chi connectivity index (χ4n) is 2.88. The highest BCUT2D eigenvalue weighted by atomic mass is 19.3. The number of halogens is 2. The third-order valence-electron chi connectivity index (χ3n) is 4.23. The number of hydrogen-bond acceptors (Lipinski definition) is 3. The summed E-state index contributed by atoms with van der Waals surface area (Å²) >= 11 is 0. The fourth-order valence-corrected chi connectivity index (χ4v) is 2.88. The predicted octanol–water partition coefficient (Wildman–Crippen LogP) is 3.89. The van der Waals surface area contributed by atoms with Crippen LogP contribution in [0, 0.1) is 17.2 Å². The molecule has 0 spiro atoms. The van der Waals surface area contributed by atoms with E-state index < -0.39 is 12.5 Å². The number of amides is 1. The number of nitriles is 1. The van der Waals surface area contributed by atoms with Crippen LogP contribution in [0.15, 0.2) is 29.8 Å². The zero-order chi connectivity index (χ0) is 17.5. The van der Waals surface area contributed by atoms with Crippen LogP contribution >= 0.6 is 0 Å². The molecule has 24 heavy (non-hydrogen) atoms. The second-order valence-corrected chi connectivity index (χ2v) is 5.93. The first-order chi connectivity index (χ1) is 11.5. The van der Waals surface area contributed by atoms with Crippen LogP contribution in [0.1, 0.15) is 38.2 Å². The fraction of sp³-hybridized carbons (Fsp3) is 0.444. The average Bonchev–Trinajstić information content (AvgIpc) is 2.55. The Morgan fingerprint density at radius 2 is 2.08 bits per heavy atom. The topological polar surface area (TPSA) is 62.1 Å². The minimum Gasteiger partial charge on any atom is -0.434 e. The molecule has 0 aromatic heterocycles. The molecule has 1 aliphatic carbocycles. The van der Waals surface area contributed by atoms with E-state index in [1.165, 1.54) is 18.2 Å². The number of alkyl halides is 2. The maximum atomic E-state index is 12.4. The van der Waals surface area contributed by atoms with Crippen molar-refractivity contribution in [1.29, 1.82) is 5.26 Å². The predicted molar refractivity (Wildman–Crippen MR) is 86.2 cm³/mol. The number of benzene rings is 1. The molecular formula is C18H20F2N2O2. The summed E-state index contributed by atoms with van der Waals surface area (Å²) in [4.78, 5) is 12.3. The van der Waals surface area contributed by atoms with Crippen molar-refractivity contribution in [2.24, 2.45) is 5.92 Å². The molecule has 6 heteroatoms. The first-order valence-corrected chi connectivity index (χ1v) is 7.97. The molecule has 0 unspecified atom stereocenters. The molecule has 0 radical (unpaired) electrons. The van der Waals surface area contributed by atoms with Crippen LogP contribution in [-0.4, -0.2) is 18.6 Å². The summed E-state index contributed by atoms with van der Waals surface area (Å²) in [5, 5.41) is 12.1. The summed E-state index contributed by atoms with van der Waals surface area (Å²) in [5.74, 6) is -0.195. The molecule has 1 saturated carbocycles. The summed E-state index contributed by atoms with van der Waals surface area (Å²) in [6.45, 7) is -0.895. The van der Waals surface area contributed by atoms with E-state index in [0.29, 0.717) is 5.92 Å². The second-order valence-electron chi connectivity index (χ2n) is 5.93. The van der Waals surface area contributed by atoms with Gasteiger partial charge in [0, 0.05) is 11.6 Å². The minimum absolute atomic E-state index is 0.0376. The van der Waals surface area contributed by atoms with Crippen LogP contribution in [0.3, 0.4) is 0 Å². The zero-order valence-corrected chi connectivity index (χ0v) is 13.5. The third-order valence-corrected chi connectivity index (χ3v) is 4.23. The lowest BCUT2D eigenvalue weighted by atomic mass is 9.86. The highest BCUT2D eigenvalue weighted by Gasteiger charge is 2.24. The molecule has 2 atom stereocenters. The van der Waals surface area contributed by atoms with Gasteiger partial charge in [0.05, 0.1) is 0 Å². The average molecular weight is 334 g/mol. The van der Waals surface area contributed by atoms with Crippen LogP contribution in [0.5, 0.6) is 5.75 Å². The van der Waals surface area contributed by atoms with Crippen LogP contribution in [0.25, 0.3) is 6.08 Å². The summed E-state index contributed by atoms with van der Waals surface area (Å²) in [7, 11) is 0. The van der Waals surface area contributed by atoms with E-state index in [0.717, 1.165) is 25.7 Å². The zero-order valence-electron chi connectivity index (χ0n) is 13.5. The Labute approximate surface area is 140 Å². The largest absolute Gasteiger partial charge is 0.434 e. The molecule has 1 amide bonds. The molecule has 1 aliphatic rings. The van der Waals surface area contributed by atoms with Gasteiger partial charge < -0.3 is 10.1 Å². The number of nitrogens with one attached hydrogen (secondary N) is 1. The standard InChI is InChI=1S/C18H20F2N2O2/c1-12-6-2-4-8-15(12)22-17(23)14(11-21)10-13-7-3-5-9-16(13)24-18(19)20/h3,5,7,9-10,12,15,18H,2,4,6,8H2,1H3,(H,22,23)/b14-10+/t12-,15+/m1/s1. The van der Waals surface area contributed by atoms with Gasteiger partial charge in [0.15, 0.2) is 0 Å². The van der Waals surface area contributed by atoms with Crippen LogP contribution in [0.2, 0.25) is 0 Å². The Morgan fingerprint density at radius 3 is 2.75 bits per heavy atom. The van der Waals surface area contributed by atoms with Crippen molar-refractivity contribution < 1.29 is 18.3 Å². The molecule has 1 aromatic carbocycles. The van der Waals surface area contributed by atoms with Crippen LogP contribution in [-0.2, 0) is 4.79 Å². The molecule has 1 aromatic rings. The highest BCUT2D eigenvalue weighted by molar-refractivity contribution is 6.02. The Hall–Kier alpha value is -2.42. The van der Waals surface area contributed by atoms with E-state index in [4.69, 9.17) is 0 Å². The number of hydrogen-bond donors (Lipinski definition) is 1. The Balaban J connectivity index is 2.17. The Morgan fingerprint density at radius 1 is 1.38 bits per heavy atom. The molecule has 1 fully saturated rings. The molecule has 4 nitrogen and oxygen atoms in total. The monoisotopic (exact) mass is 334 g/mol. The second kappa shape index (κ2) is 8.44. The van der Waals surface area contributed by atoms with Gasteiger partial charge >= 0.3 is 6.61 Å². The molecule has 1 N–H and O–H groups in total. The number of ether oxygens (including phenoxy) is 1. The molecule has 2 rings (SSSR count). The van der Waals surface area contributed by atoms with E-state index in [1.54, 1.807) is 12.1 Å². The third kappa shape index (κ3) is 4.79. The van der Waals surface area contributed by atoms with Crippen molar-refractivity contribution in [3.63, 3.8) is 0 Å². The van der Waals surface area contributed by atoms with Crippen molar-refractivity contribution in [2.45, 2.75) is 45.3 Å². The first-order valence-electron chi connectivity index (χ1n) is 7.97. The van der Waals surface area contributed by atoms with E-state index in [-0.39, 0.29) is 22.9 Å². The number of nitrogens with zero attached hydrogens (tertiary/aromatic N) is 1. The Bertz CT molecular complexity index is 653. The van der Waals surface area contributed by atoms with E-state index in [1.807, 2.05) is 6.07 Å². The van der Waals surface area contributed by atoms with E-state index in [2.05, 4.69) is 17.0 Å². The molecule has 0 saturated heterocycles. The van der Waals surface area contributed by atoms with Gasteiger partial charge in [-0.2, -0.15) is 14.0 Å². The molecule has 0 bridgehead atoms. The number of rotatable bonds is 5. The summed E-state index contributed by atoms with van der Waals surface area (Å²) in [6, 6.07) is 7.94. The lowest BCUT2D eigenvalue weighted by Gasteiger charge is -2.29. The quantitative estimate of drug-likeness (QED) is 0.656. The van der Waals surface area contributed by atoms with Crippen LogP contribution in [0.4, 0.5) is 8.78 Å². The lowest BCUT2D eigenvalue weighted by Crippen LogP contribution is -2.41. The maximum absolute atomic E-state index is 12.4. The summed E-state index contributed by atoms with van der Waals surface area (Å²) < 4.78 is 29.3. The number of para-hydroxylation sites is 1. The van der Waals surface area contributed by atoms with Gasteiger partial charge in [0.2, 0.25) is 0 Å². The molecule has 128 valence electrons. The maximum Gasteiger partial charge on any atom is 0.387 e. The van der Waals surface area contributed by atoms with Gasteiger partial charge in [0.1, 0.15) is 17.4 Å². The number of carbonyl (C=O) groups excluding carboxylic acids is 1. The van der Waals surface area contributed by atoms with Gasteiger partial charge in [-0.1, -0.05) is 38.0 Å². The molecular weight excluding hydrogens is 314 g/mol. The Kier molecular flexibility index (Phi) is 6.30. The smallest absolute Gasteiger partial charge is 0.387 e. The van der Waals surface area contributed by atoms with Crippen molar-refractivity contribution in [2.75, 3.05) is 0 Å². The molecule has 0 heterocycles. The van der Waals surface area contributed by atoms with Crippen molar-refractivity contribution >= 4 is 12.0 Å². The van der Waals surface area contributed by atoms with Crippen LogP contribution < -0.4 is 10.1 Å². The molecule has 0 aliphatic heterocycles. The first kappa shape index (κ1) is 17.9. The van der Waals surface area contributed by atoms with E-state index in [9.17, 15) is 18.8 Å². The van der Waals surface area contributed by atoms with Crippen molar-refractivity contribution in [3.8, 4) is 11.8 Å². The van der Waals surface area contributed by atoms with Gasteiger partial charge in [-0.05, 0) is 30.9 Å². The number of carbonyl (C=O) groups is 1. The highest BCUT2D eigenvalue weighted by Crippen LogP contribution is 2.25. The van der Waals surface area contributed by atoms with Crippen molar-refractivity contribution in [3.05, 3.63) is 35.4 Å². The van der Waals surface area contributed by atoms with E-state index >= 15 is 0 Å². The van der Waals surface area contributed by atoms with Gasteiger partial charge in [0.25, 0.3) is 5.91 Å². The van der Waals surface area contributed by atoms with Gasteiger partial charge in [-0.15, -0.1) is 0 Å². The SMILES string of the molecule is C[C@@H]1CCCC[C@@H]1NC(=O)/C(C#N)=C/c1ccccc1OC(F)F. The summed E-state index contributed by atoms with van der Waals surface area (Å²) in [5.41, 5.74) is 0.138. The minimum atomic E-state index is -2.97. The normalized spacial score (nSPS) is 21.2. The van der Waals surface area contributed by atoms with Crippen molar-refractivity contribution in [1.82, 2.24) is 5.32 Å². The lowest BCUT2D eigenvalue weighted by molar-refractivity contribution is -0.118. The summed E-state index contributed by atoms with van der Waals surface area (Å²) in [6.07, 6.45) is 5.40. The van der Waals surface area contributed by atoms with Gasteiger partial charge in [-0.3, -0.25) is 4.79 Å². The van der Waals surface area contributed by atoms with Gasteiger partial charge in [-0.25, -0.2) is 0 Å².